The highest BCUT2D eigenvalue weighted by Gasteiger charge is 2.06. The van der Waals surface area contributed by atoms with Gasteiger partial charge in [-0.15, -0.1) is 0 Å². The Balaban J connectivity index is 1.75. The molecule has 0 saturated carbocycles. The van der Waals surface area contributed by atoms with Crippen LogP contribution < -0.4 is 10.6 Å². The van der Waals surface area contributed by atoms with Crippen molar-refractivity contribution in [3.05, 3.63) is 70.8 Å². The second-order valence-electron chi connectivity index (χ2n) is 5.18. The number of aromatic nitrogens is 2. The van der Waals surface area contributed by atoms with Crippen LogP contribution in [0.15, 0.2) is 65.3 Å². The van der Waals surface area contributed by atoms with Gasteiger partial charge in [-0.1, -0.05) is 30.3 Å². The number of nitrogens with one attached hydrogen (secondary N) is 2. The normalized spacial score (nSPS) is 10.4. The molecular weight excluding hydrogens is 368 g/mol. The zero-order valence-corrected chi connectivity index (χ0v) is 14.5. The van der Waals surface area contributed by atoms with Crippen LogP contribution in [0.3, 0.4) is 0 Å². The summed E-state index contributed by atoms with van der Waals surface area (Å²) in [5.74, 6) is 1.20. The van der Waals surface area contributed by atoms with Crippen LogP contribution in [0.1, 0.15) is 5.56 Å². The Morgan fingerprint density at radius 2 is 1.62 bits per heavy atom. The Bertz CT molecular complexity index is 794. The van der Waals surface area contributed by atoms with Gasteiger partial charge in [-0.25, -0.2) is 4.98 Å². The van der Waals surface area contributed by atoms with Crippen molar-refractivity contribution in [3.63, 3.8) is 0 Å². The van der Waals surface area contributed by atoms with Crippen LogP contribution in [0.25, 0.3) is 0 Å². The SMILES string of the molecule is OCCc1ccc(Nc2ncc(Br)c(Nc3ccccc3)n2)cc1. The molecular formula is C18H17BrN4O. The van der Waals surface area contributed by atoms with Crippen LogP contribution in [-0.4, -0.2) is 21.7 Å². The molecule has 0 fully saturated rings. The van der Waals surface area contributed by atoms with Crippen molar-refractivity contribution in [2.75, 3.05) is 17.2 Å². The van der Waals surface area contributed by atoms with E-state index in [2.05, 4.69) is 36.5 Å². The van der Waals surface area contributed by atoms with Crippen LogP contribution in [0.4, 0.5) is 23.1 Å². The van der Waals surface area contributed by atoms with Gasteiger partial charge in [-0.2, -0.15) is 4.98 Å². The molecule has 0 spiro atoms. The summed E-state index contributed by atoms with van der Waals surface area (Å²) in [4.78, 5) is 8.79. The first-order chi connectivity index (χ1) is 11.7. The summed E-state index contributed by atoms with van der Waals surface area (Å²) in [6.45, 7) is 0.150. The summed E-state index contributed by atoms with van der Waals surface area (Å²) in [5, 5.41) is 15.4. The minimum atomic E-state index is 0.150. The second kappa shape index (κ2) is 7.90. The smallest absolute Gasteiger partial charge is 0.229 e. The van der Waals surface area contributed by atoms with Gasteiger partial charge >= 0.3 is 0 Å². The van der Waals surface area contributed by atoms with Gasteiger partial charge in [-0.3, -0.25) is 0 Å². The number of hydrogen-bond acceptors (Lipinski definition) is 5. The average Bonchev–Trinajstić information content (AvgIpc) is 2.61. The highest BCUT2D eigenvalue weighted by molar-refractivity contribution is 9.10. The predicted molar refractivity (Wildman–Crippen MR) is 100.0 cm³/mol. The third-order valence-corrected chi connectivity index (χ3v) is 3.97. The van der Waals surface area contributed by atoms with Crippen LogP contribution in [-0.2, 0) is 6.42 Å². The first kappa shape index (κ1) is 16.4. The van der Waals surface area contributed by atoms with E-state index >= 15 is 0 Å². The van der Waals surface area contributed by atoms with Crippen molar-refractivity contribution in [3.8, 4) is 0 Å². The maximum absolute atomic E-state index is 8.95. The molecule has 0 bridgehead atoms. The van der Waals surface area contributed by atoms with Gasteiger partial charge in [0.2, 0.25) is 5.95 Å². The number of aliphatic hydroxyl groups is 1. The van der Waals surface area contributed by atoms with Gasteiger partial charge < -0.3 is 15.7 Å². The summed E-state index contributed by atoms with van der Waals surface area (Å²) in [5.41, 5.74) is 2.94. The molecule has 122 valence electrons. The number of rotatable bonds is 6. The summed E-state index contributed by atoms with van der Waals surface area (Å²) < 4.78 is 0.787. The monoisotopic (exact) mass is 384 g/mol. The van der Waals surface area contributed by atoms with Crippen LogP contribution in [0.2, 0.25) is 0 Å². The quantitative estimate of drug-likeness (QED) is 0.592. The fourth-order valence-corrected chi connectivity index (χ4v) is 2.48. The van der Waals surface area contributed by atoms with Crippen molar-refractivity contribution in [2.24, 2.45) is 0 Å². The van der Waals surface area contributed by atoms with Gasteiger partial charge in [0.15, 0.2) is 0 Å². The fourth-order valence-electron chi connectivity index (χ4n) is 2.19. The van der Waals surface area contributed by atoms with E-state index in [9.17, 15) is 0 Å². The van der Waals surface area contributed by atoms with Crippen molar-refractivity contribution < 1.29 is 5.11 Å². The van der Waals surface area contributed by atoms with Crippen LogP contribution in [0, 0.1) is 0 Å². The van der Waals surface area contributed by atoms with Gasteiger partial charge in [-0.05, 0) is 52.2 Å². The molecule has 24 heavy (non-hydrogen) atoms. The number of anilines is 4. The first-order valence-corrected chi connectivity index (χ1v) is 8.35. The largest absolute Gasteiger partial charge is 0.396 e. The lowest BCUT2D eigenvalue weighted by atomic mass is 10.1. The zero-order chi connectivity index (χ0) is 16.8. The number of hydrogen-bond donors (Lipinski definition) is 3. The van der Waals surface area contributed by atoms with E-state index in [0.29, 0.717) is 18.2 Å². The fraction of sp³-hybridized carbons (Fsp3) is 0.111. The molecule has 3 aromatic rings. The maximum Gasteiger partial charge on any atom is 0.229 e. The van der Waals surface area contributed by atoms with Gasteiger partial charge in [0.05, 0.1) is 4.47 Å². The minimum Gasteiger partial charge on any atom is -0.396 e. The molecule has 2 aromatic carbocycles. The van der Waals surface area contributed by atoms with E-state index < -0.39 is 0 Å². The number of aliphatic hydroxyl groups excluding tert-OH is 1. The summed E-state index contributed by atoms with van der Waals surface area (Å²) >= 11 is 3.46. The molecule has 3 N–H and O–H groups in total. The number of nitrogens with zero attached hydrogens (tertiary/aromatic N) is 2. The van der Waals surface area contributed by atoms with Crippen LogP contribution >= 0.6 is 15.9 Å². The maximum atomic E-state index is 8.95. The lowest BCUT2D eigenvalue weighted by molar-refractivity contribution is 0.299. The van der Waals surface area contributed by atoms with Crippen molar-refractivity contribution >= 4 is 39.1 Å². The van der Waals surface area contributed by atoms with Crippen LogP contribution in [0.5, 0.6) is 0 Å². The standard InChI is InChI=1S/C18H17BrN4O/c19-16-12-20-18(22-15-8-6-13(7-9-15)10-11-24)23-17(16)21-14-4-2-1-3-5-14/h1-9,12,24H,10-11H2,(H2,20,21,22,23). The summed E-state index contributed by atoms with van der Waals surface area (Å²) in [6, 6.07) is 17.7. The lowest BCUT2D eigenvalue weighted by Crippen LogP contribution is -2.01. The first-order valence-electron chi connectivity index (χ1n) is 7.56. The van der Waals surface area contributed by atoms with E-state index in [1.54, 1.807) is 6.20 Å². The number of benzene rings is 2. The molecule has 6 heteroatoms. The van der Waals surface area contributed by atoms with Crippen molar-refractivity contribution in [2.45, 2.75) is 6.42 Å². The van der Waals surface area contributed by atoms with Gasteiger partial charge in [0, 0.05) is 24.2 Å². The number of para-hydroxylation sites is 1. The molecule has 0 amide bonds. The summed E-state index contributed by atoms with van der Waals surface area (Å²) in [7, 11) is 0. The van der Waals surface area contributed by atoms with E-state index in [-0.39, 0.29) is 6.61 Å². The van der Waals surface area contributed by atoms with E-state index in [0.717, 1.165) is 21.4 Å². The predicted octanol–water partition coefficient (Wildman–Crippen LogP) is 4.26. The third-order valence-electron chi connectivity index (χ3n) is 3.39. The van der Waals surface area contributed by atoms with Crippen molar-refractivity contribution in [1.82, 2.24) is 9.97 Å². The molecule has 0 aliphatic carbocycles. The molecule has 1 heterocycles. The Morgan fingerprint density at radius 3 is 2.33 bits per heavy atom. The second-order valence-corrected chi connectivity index (χ2v) is 6.03. The number of halogens is 1. The van der Waals surface area contributed by atoms with E-state index in [1.807, 2.05) is 54.6 Å². The Labute approximate surface area is 148 Å². The molecule has 0 saturated heterocycles. The minimum absolute atomic E-state index is 0.150. The molecule has 0 unspecified atom stereocenters. The Kier molecular flexibility index (Phi) is 5.40. The molecule has 0 radical (unpaired) electrons. The highest BCUT2D eigenvalue weighted by atomic mass is 79.9. The topological polar surface area (TPSA) is 70.1 Å². The Hall–Kier alpha value is -2.44. The molecule has 0 aliphatic rings. The van der Waals surface area contributed by atoms with Crippen molar-refractivity contribution in [1.29, 1.82) is 0 Å². The zero-order valence-electron chi connectivity index (χ0n) is 12.9. The third kappa shape index (κ3) is 4.31. The average molecular weight is 385 g/mol. The van der Waals surface area contributed by atoms with Gasteiger partial charge in [0.25, 0.3) is 0 Å². The summed E-state index contributed by atoms with van der Waals surface area (Å²) in [6.07, 6.45) is 2.36. The molecule has 1 aromatic heterocycles. The van der Waals surface area contributed by atoms with E-state index in [4.69, 9.17) is 5.11 Å². The van der Waals surface area contributed by atoms with Gasteiger partial charge in [0.1, 0.15) is 5.82 Å². The molecule has 0 atom stereocenters. The highest BCUT2D eigenvalue weighted by Crippen LogP contribution is 2.25. The molecule has 0 aliphatic heterocycles. The lowest BCUT2D eigenvalue weighted by Gasteiger charge is -2.10. The molecule has 3 rings (SSSR count). The Morgan fingerprint density at radius 1 is 0.917 bits per heavy atom. The molecule has 5 nitrogen and oxygen atoms in total. The van der Waals surface area contributed by atoms with E-state index in [1.165, 1.54) is 0 Å².